The number of fused-ring (bicyclic) bond motifs is 4. The van der Waals surface area contributed by atoms with Crippen molar-refractivity contribution in [1.29, 1.82) is 0 Å². The molecule has 1 aromatic rings. The first-order valence-corrected chi connectivity index (χ1v) is 10.3. The molecule has 0 radical (unpaired) electrons. The van der Waals surface area contributed by atoms with Gasteiger partial charge >= 0.3 is 6.18 Å². The Morgan fingerprint density at radius 3 is 2.70 bits per heavy atom. The number of carbonyl (C=O) groups excluding carboxylic acids is 1. The van der Waals surface area contributed by atoms with Crippen molar-refractivity contribution < 1.29 is 23.1 Å². The van der Waals surface area contributed by atoms with Crippen molar-refractivity contribution in [3.8, 4) is 0 Å². The van der Waals surface area contributed by atoms with Crippen molar-refractivity contribution in [2.45, 2.75) is 51.5 Å². The van der Waals surface area contributed by atoms with Gasteiger partial charge in [0.15, 0.2) is 0 Å². The highest BCUT2D eigenvalue weighted by atomic mass is 19.4. The van der Waals surface area contributed by atoms with E-state index in [4.69, 9.17) is 0 Å². The summed E-state index contributed by atoms with van der Waals surface area (Å²) in [6.07, 6.45) is -1.20. The van der Waals surface area contributed by atoms with Gasteiger partial charge in [-0.2, -0.15) is 13.2 Å². The first kappa shape index (κ1) is 22.6. The second-order valence-corrected chi connectivity index (χ2v) is 7.91. The molecule has 6 nitrogen and oxygen atoms in total. The number of nitrogens with one attached hydrogen (secondary N) is 1. The number of nitrogens with zero attached hydrogens (tertiary/aromatic N) is 2. The summed E-state index contributed by atoms with van der Waals surface area (Å²) < 4.78 is 40.5. The zero-order valence-electron chi connectivity index (χ0n) is 17.2. The molecule has 1 fully saturated rings. The van der Waals surface area contributed by atoms with Crippen LogP contribution in [0.3, 0.4) is 0 Å². The fraction of sp³-hybridized carbons (Fsp3) is 0.619. The SMILES string of the molecule is C/C=C\c1ccc2n(c1=O)C[C@@H]1[C@@H](CO)[C@H](C(=O)NCCC)[C@H]2N1CCC(F)(F)F. The molecule has 166 valence electrons. The summed E-state index contributed by atoms with van der Waals surface area (Å²) in [5.74, 6) is -1.57. The smallest absolute Gasteiger partial charge is 0.390 e. The summed E-state index contributed by atoms with van der Waals surface area (Å²) in [6, 6.07) is 2.15. The maximum absolute atomic E-state index is 13.0. The summed E-state index contributed by atoms with van der Waals surface area (Å²) in [6.45, 7) is 3.68. The molecule has 1 amide bonds. The summed E-state index contributed by atoms with van der Waals surface area (Å²) in [7, 11) is 0. The number of alkyl halides is 3. The molecule has 2 N–H and O–H groups in total. The summed E-state index contributed by atoms with van der Waals surface area (Å²) in [5.41, 5.74) is 0.776. The van der Waals surface area contributed by atoms with E-state index in [1.807, 2.05) is 6.92 Å². The molecule has 2 aliphatic rings. The Balaban J connectivity index is 2.07. The number of allylic oxidation sites excluding steroid dienone is 1. The van der Waals surface area contributed by atoms with Crippen molar-refractivity contribution in [2.75, 3.05) is 19.7 Å². The Morgan fingerprint density at radius 2 is 2.10 bits per heavy atom. The van der Waals surface area contributed by atoms with Crippen LogP contribution in [-0.4, -0.2) is 52.4 Å². The number of hydrogen-bond acceptors (Lipinski definition) is 4. The van der Waals surface area contributed by atoms with E-state index in [9.17, 15) is 27.9 Å². The predicted octanol–water partition coefficient (Wildman–Crippen LogP) is 2.32. The predicted molar refractivity (Wildman–Crippen MR) is 107 cm³/mol. The Bertz CT molecular complexity index is 865. The Morgan fingerprint density at radius 1 is 1.37 bits per heavy atom. The van der Waals surface area contributed by atoms with Crippen LogP contribution in [0.2, 0.25) is 0 Å². The second-order valence-electron chi connectivity index (χ2n) is 7.91. The summed E-state index contributed by atoms with van der Waals surface area (Å²) in [5, 5.41) is 12.9. The molecular formula is C21H28F3N3O3. The van der Waals surface area contributed by atoms with Crippen LogP contribution in [0.15, 0.2) is 23.0 Å². The maximum Gasteiger partial charge on any atom is 0.390 e. The molecule has 2 aliphatic heterocycles. The first-order valence-electron chi connectivity index (χ1n) is 10.3. The quantitative estimate of drug-likeness (QED) is 0.701. The van der Waals surface area contributed by atoms with E-state index in [0.29, 0.717) is 17.8 Å². The third kappa shape index (κ3) is 4.18. The number of carbonyl (C=O) groups is 1. The minimum absolute atomic E-state index is 0.150. The second kappa shape index (κ2) is 8.93. The average Bonchev–Trinajstić information content (AvgIpc) is 2.92. The van der Waals surface area contributed by atoms with Crippen molar-refractivity contribution in [3.63, 3.8) is 0 Å². The van der Waals surface area contributed by atoms with Crippen LogP contribution < -0.4 is 10.9 Å². The fourth-order valence-electron chi connectivity index (χ4n) is 4.78. The van der Waals surface area contributed by atoms with E-state index in [2.05, 4.69) is 5.32 Å². The lowest BCUT2D eigenvalue weighted by atomic mass is 9.86. The molecule has 2 bridgehead atoms. The van der Waals surface area contributed by atoms with Crippen LogP contribution in [0.5, 0.6) is 0 Å². The molecule has 9 heteroatoms. The van der Waals surface area contributed by atoms with Gasteiger partial charge in [0.25, 0.3) is 5.56 Å². The van der Waals surface area contributed by atoms with E-state index >= 15 is 0 Å². The number of aromatic nitrogens is 1. The molecule has 0 aliphatic carbocycles. The van der Waals surface area contributed by atoms with E-state index in [0.717, 1.165) is 6.42 Å². The van der Waals surface area contributed by atoms with Crippen molar-refractivity contribution in [3.05, 3.63) is 39.8 Å². The van der Waals surface area contributed by atoms with Crippen LogP contribution in [0.4, 0.5) is 13.2 Å². The Labute approximate surface area is 173 Å². The number of rotatable bonds is 7. The van der Waals surface area contributed by atoms with Gasteiger partial charge < -0.3 is 15.0 Å². The van der Waals surface area contributed by atoms with Gasteiger partial charge in [-0.1, -0.05) is 19.1 Å². The van der Waals surface area contributed by atoms with Gasteiger partial charge in [-0.05, 0) is 25.5 Å². The number of halogens is 3. The largest absolute Gasteiger partial charge is 0.396 e. The maximum atomic E-state index is 13.0. The molecule has 0 unspecified atom stereocenters. The zero-order valence-corrected chi connectivity index (χ0v) is 17.2. The monoisotopic (exact) mass is 427 g/mol. The third-order valence-corrected chi connectivity index (χ3v) is 6.05. The highest BCUT2D eigenvalue weighted by molar-refractivity contribution is 5.80. The number of aliphatic hydroxyl groups excluding tert-OH is 1. The van der Waals surface area contributed by atoms with Crippen LogP contribution >= 0.6 is 0 Å². The fourth-order valence-corrected chi connectivity index (χ4v) is 4.78. The minimum Gasteiger partial charge on any atom is -0.396 e. The Hall–Kier alpha value is -2.13. The lowest BCUT2D eigenvalue weighted by Gasteiger charge is -2.38. The molecule has 1 aromatic heterocycles. The minimum atomic E-state index is -4.33. The molecule has 30 heavy (non-hydrogen) atoms. The van der Waals surface area contributed by atoms with Crippen molar-refractivity contribution in [1.82, 2.24) is 14.8 Å². The van der Waals surface area contributed by atoms with Gasteiger partial charge in [0.1, 0.15) is 0 Å². The number of hydrogen-bond donors (Lipinski definition) is 2. The summed E-state index contributed by atoms with van der Waals surface area (Å²) in [4.78, 5) is 27.6. The highest BCUT2D eigenvalue weighted by Gasteiger charge is 2.55. The van der Waals surface area contributed by atoms with E-state index < -0.39 is 36.5 Å². The first-order chi connectivity index (χ1) is 14.2. The topological polar surface area (TPSA) is 74.6 Å². The highest BCUT2D eigenvalue weighted by Crippen LogP contribution is 2.48. The third-order valence-electron chi connectivity index (χ3n) is 6.05. The molecule has 1 saturated heterocycles. The average molecular weight is 427 g/mol. The molecule has 4 atom stereocenters. The van der Waals surface area contributed by atoms with Gasteiger partial charge in [0, 0.05) is 49.5 Å². The van der Waals surface area contributed by atoms with Crippen LogP contribution in [0.25, 0.3) is 6.08 Å². The molecule has 3 rings (SSSR count). The van der Waals surface area contributed by atoms with Crippen LogP contribution in [0.1, 0.15) is 44.0 Å². The van der Waals surface area contributed by atoms with E-state index in [1.165, 1.54) is 0 Å². The normalized spacial score (nSPS) is 26.2. The zero-order chi connectivity index (χ0) is 22.1. The Kier molecular flexibility index (Phi) is 6.71. The van der Waals surface area contributed by atoms with Gasteiger partial charge in [0.05, 0.1) is 18.4 Å². The van der Waals surface area contributed by atoms with Crippen molar-refractivity contribution >= 4 is 12.0 Å². The molecule has 3 heterocycles. The van der Waals surface area contributed by atoms with Crippen LogP contribution in [-0.2, 0) is 11.3 Å². The molecular weight excluding hydrogens is 399 g/mol. The van der Waals surface area contributed by atoms with Crippen molar-refractivity contribution in [2.24, 2.45) is 11.8 Å². The molecule has 0 saturated carbocycles. The standard InChI is InChI=1S/C21H28F3N3O3/c1-3-5-13-6-7-15-18-17(19(29)25-9-4-2)14(12-28)16(11-27(15)20(13)30)26(18)10-8-21(22,23)24/h3,5-7,14,16-18,28H,4,8-12H2,1-2H3,(H,25,29)/b5-3-/t14-,16-,17+,18+/m1/s1. The van der Waals surface area contributed by atoms with E-state index in [-0.39, 0.29) is 31.2 Å². The lowest BCUT2D eigenvalue weighted by Crippen LogP contribution is -2.47. The molecule has 0 aromatic carbocycles. The summed E-state index contributed by atoms with van der Waals surface area (Å²) >= 11 is 0. The van der Waals surface area contributed by atoms with Crippen LogP contribution in [0, 0.1) is 11.8 Å². The van der Waals surface area contributed by atoms with Gasteiger partial charge in [0.2, 0.25) is 5.91 Å². The number of pyridine rings is 1. The van der Waals surface area contributed by atoms with Gasteiger partial charge in [-0.15, -0.1) is 0 Å². The van der Waals surface area contributed by atoms with Gasteiger partial charge in [-0.25, -0.2) is 0 Å². The lowest BCUT2D eigenvalue weighted by molar-refractivity contribution is -0.140. The van der Waals surface area contributed by atoms with E-state index in [1.54, 1.807) is 40.7 Å². The van der Waals surface area contributed by atoms with Gasteiger partial charge in [-0.3, -0.25) is 14.5 Å². The number of aliphatic hydroxyl groups is 1. The number of amides is 1. The molecule has 0 spiro atoms.